The molecule has 4 N–H and O–H groups in total. The van der Waals surface area contributed by atoms with E-state index in [0.29, 0.717) is 12.3 Å². The second-order valence-electron chi connectivity index (χ2n) is 7.52. The molecule has 0 aromatic heterocycles. The fourth-order valence-corrected chi connectivity index (χ4v) is 2.83. The largest absolute Gasteiger partial charge is 0.484 e. The van der Waals surface area contributed by atoms with Gasteiger partial charge in [-0.05, 0) is 36.6 Å². The monoisotopic (exact) mass is 524 g/mol. The van der Waals surface area contributed by atoms with E-state index in [0.717, 1.165) is 25.5 Å². The van der Waals surface area contributed by atoms with E-state index in [1.54, 1.807) is 0 Å². The Balaban J connectivity index is 0.00000450. The summed E-state index contributed by atoms with van der Waals surface area (Å²) in [4.78, 5) is 15.5. The quantitative estimate of drug-likeness (QED) is 0.253. The Hall–Kier alpha value is -2.29. The van der Waals surface area contributed by atoms with E-state index < -0.39 is 5.91 Å². The van der Waals surface area contributed by atoms with Crippen molar-refractivity contribution in [2.75, 3.05) is 26.2 Å². The Bertz CT molecular complexity index is 793. The number of carbonyl (C=O) groups is 1. The highest BCUT2D eigenvalue weighted by molar-refractivity contribution is 14.0. The van der Waals surface area contributed by atoms with Crippen LogP contribution in [-0.4, -0.2) is 38.1 Å². The van der Waals surface area contributed by atoms with Gasteiger partial charge in [-0.1, -0.05) is 56.3 Å². The maximum Gasteiger partial charge on any atom is 0.255 e. The number of hydrogen-bond donors (Lipinski definition) is 3. The molecule has 0 bridgehead atoms. The molecule has 6 nitrogen and oxygen atoms in total. The molecule has 0 fully saturated rings. The summed E-state index contributed by atoms with van der Waals surface area (Å²) in [5, 5.41) is 6.70. The van der Waals surface area contributed by atoms with E-state index >= 15 is 0 Å². The van der Waals surface area contributed by atoms with Crippen molar-refractivity contribution >= 4 is 35.8 Å². The Morgan fingerprint density at radius 2 is 1.73 bits per heavy atom. The van der Waals surface area contributed by atoms with Gasteiger partial charge in [0.25, 0.3) is 5.91 Å². The number of amides is 1. The highest BCUT2D eigenvalue weighted by Crippen LogP contribution is 2.22. The van der Waals surface area contributed by atoms with Crippen LogP contribution in [0.15, 0.2) is 59.6 Å². The summed E-state index contributed by atoms with van der Waals surface area (Å²) in [6.07, 6.45) is 0.850. The van der Waals surface area contributed by atoms with Crippen LogP contribution in [0.4, 0.5) is 0 Å². The second kappa shape index (κ2) is 13.1. The van der Waals surface area contributed by atoms with Gasteiger partial charge in [0.15, 0.2) is 12.6 Å². The van der Waals surface area contributed by atoms with Crippen LogP contribution in [0.1, 0.15) is 31.9 Å². The molecule has 7 heteroatoms. The van der Waals surface area contributed by atoms with Crippen LogP contribution in [0.2, 0.25) is 0 Å². The summed E-state index contributed by atoms with van der Waals surface area (Å²) < 4.78 is 5.28. The molecule has 0 heterocycles. The summed E-state index contributed by atoms with van der Waals surface area (Å²) in [6, 6.07) is 18.1. The van der Waals surface area contributed by atoms with Gasteiger partial charge < -0.3 is 21.1 Å². The minimum Gasteiger partial charge on any atom is -0.484 e. The lowest BCUT2D eigenvalue weighted by atomic mass is 9.85. The van der Waals surface area contributed by atoms with Crippen LogP contribution >= 0.6 is 24.0 Å². The third kappa shape index (κ3) is 9.02. The van der Waals surface area contributed by atoms with Gasteiger partial charge in [0.1, 0.15) is 5.75 Å². The summed E-state index contributed by atoms with van der Waals surface area (Å²) in [7, 11) is 0. The fourth-order valence-electron chi connectivity index (χ4n) is 2.83. The predicted molar refractivity (Wildman–Crippen MR) is 134 cm³/mol. The van der Waals surface area contributed by atoms with Gasteiger partial charge in [-0.15, -0.1) is 24.0 Å². The van der Waals surface area contributed by atoms with Crippen molar-refractivity contribution in [3.63, 3.8) is 0 Å². The first-order valence-corrected chi connectivity index (χ1v) is 9.98. The molecule has 164 valence electrons. The fraction of sp³-hybridized carbons (Fsp3) is 0.391. The maximum atomic E-state index is 10.8. The van der Waals surface area contributed by atoms with Crippen LogP contribution in [0.25, 0.3) is 0 Å². The second-order valence-corrected chi connectivity index (χ2v) is 7.52. The zero-order valence-electron chi connectivity index (χ0n) is 18.0. The SMILES string of the molecule is CCNC(=NCC(C)(C)c1ccccc1)NCCc1ccc(OCC(N)=O)cc1.I. The number of rotatable bonds is 10. The highest BCUT2D eigenvalue weighted by Gasteiger charge is 2.19. The van der Waals surface area contributed by atoms with Gasteiger partial charge in [0.2, 0.25) is 0 Å². The molecule has 2 aromatic carbocycles. The van der Waals surface area contributed by atoms with E-state index in [9.17, 15) is 4.79 Å². The van der Waals surface area contributed by atoms with E-state index in [-0.39, 0.29) is 36.0 Å². The zero-order chi connectivity index (χ0) is 21.1. The number of ether oxygens (including phenoxy) is 1. The average molecular weight is 524 g/mol. The summed E-state index contributed by atoms with van der Waals surface area (Å²) in [6.45, 7) is 8.63. The number of halogens is 1. The van der Waals surface area contributed by atoms with Crippen molar-refractivity contribution in [3.8, 4) is 5.75 Å². The van der Waals surface area contributed by atoms with E-state index in [4.69, 9.17) is 15.5 Å². The smallest absolute Gasteiger partial charge is 0.255 e. The molecule has 0 saturated heterocycles. The molecule has 2 aromatic rings. The third-order valence-electron chi connectivity index (χ3n) is 4.54. The molecule has 2 rings (SSSR count). The lowest BCUT2D eigenvalue weighted by Gasteiger charge is -2.24. The zero-order valence-corrected chi connectivity index (χ0v) is 20.3. The predicted octanol–water partition coefficient (Wildman–Crippen LogP) is 3.24. The van der Waals surface area contributed by atoms with Crippen molar-refractivity contribution in [1.82, 2.24) is 10.6 Å². The molecule has 0 atom stereocenters. The number of benzene rings is 2. The van der Waals surface area contributed by atoms with E-state index in [2.05, 4.69) is 55.7 Å². The van der Waals surface area contributed by atoms with Gasteiger partial charge in [-0.2, -0.15) is 0 Å². The number of nitrogens with one attached hydrogen (secondary N) is 2. The van der Waals surface area contributed by atoms with Gasteiger partial charge in [0, 0.05) is 18.5 Å². The van der Waals surface area contributed by atoms with Crippen molar-refractivity contribution in [1.29, 1.82) is 0 Å². The first-order chi connectivity index (χ1) is 13.9. The molecule has 30 heavy (non-hydrogen) atoms. The average Bonchev–Trinajstić information content (AvgIpc) is 2.72. The lowest BCUT2D eigenvalue weighted by Crippen LogP contribution is -2.39. The van der Waals surface area contributed by atoms with Crippen LogP contribution in [0, 0.1) is 0 Å². The summed E-state index contributed by atoms with van der Waals surface area (Å²) >= 11 is 0. The van der Waals surface area contributed by atoms with Gasteiger partial charge >= 0.3 is 0 Å². The topological polar surface area (TPSA) is 88.7 Å². The van der Waals surface area contributed by atoms with Gasteiger partial charge in [-0.3, -0.25) is 9.79 Å². The number of primary amides is 1. The van der Waals surface area contributed by atoms with Gasteiger partial charge in [0.05, 0.1) is 6.54 Å². The Labute approximate surface area is 196 Å². The van der Waals surface area contributed by atoms with Crippen molar-refractivity contribution in [2.45, 2.75) is 32.6 Å². The molecule has 0 spiro atoms. The third-order valence-corrected chi connectivity index (χ3v) is 4.54. The molecule has 0 aliphatic carbocycles. The number of nitrogens with two attached hydrogens (primary N) is 1. The Morgan fingerprint density at radius 1 is 1.07 bits per heavy atom. The lowest BCUT2D eigenvalue weighted by molar-refractivity contribution is -0.119. The van der Waals surface area contributed by atoms with Crippen LogP contribution in [0.5, 0.6) is 5.75 Å². The van der Waals surface area contributed by atoms with Crippen LogP contribution in [-0.2, 0) is 16.6 Å². The van der Waals surface area contributed by atoms with Crippen molar-refractivity contribution < 1.29 is 9.53 Å². The van der Waals surface area contributed by atoms with Crippen LogP contribution < -0.4 is 21.1 Å². The Kier molecular flexibility index (Phi) is 11.2. The molecule has 0 unspecified atom stereocenters. The first kappa shape index (κ1) is 25.7. The molecule has 0 radical (unpaired) electrons. The number of carbonyl (C=O) groups excluding carboxylic acids is 1. The van der Waals surface area contributed by atoms with E-state index in [1.807, 2.05) is 30.3 Å². The summed E-state index contributed by atoms with van der Waals surface area (Å²) in [5.74, 6) is 0.973. The number of nitrogens with zero attached hydrogens (tertiary/aromatic N) is 1. The molecular formula is C23H33IN4O2. The molecule has 0 aliphatic heterocycles. The standard InChI is InChI=1S/C23H32N4O2.HI/c1-4-25-22(27-17-23(2,3)19-8-6-5-7-9-19)26-15-14-18-10-12-20(13-11-18)29-16-21(24)28;/h5-13H,4,14-17H2,1-3H3,(H2,24,28)(H2,25,26,27);1H. The van der Waals surface area contributed by atoms with E-state index in [1.165, 1.54) is 11.1 Å². The van der Waals surface area contributed by atoms with Crippen molar-refractivity contribution in [3.05, 3.63) is 65.7 Å². The van der Waals surface area contributed by atoms with Crippen molar-refractivity contribution in [2.24, 2.45) is 10.7 Å². The molecule has 0 saturated carbocycles. The minimum absolute atomic E-state index is 0. The number of guanidine groups is 1. The highest BCUT2D eigenvalue weighted by atomic mass is 127. The number of hydrogen-bond acceptors (Lipinski definition) is 3. The summed E-state index contributed by atoms with van der Waals surface area (Å²) in [5.41, 5.74) is 7.49. The molecular weight excluding hydrogens is 491 g/mol. The minimum atomic E-state index is -0.482. The van der Waals surface area contributed by atoms with Gasteiger partial charge in [-0.25, -0.2) is 0 Å². The molecule has 1 amide bonds. The number of aliphatic imine (C=N–C) groups is 1. The first-order valence-electron chi connectivity index (χ1n) is 9.98. The Morgan fingerprint density at radius 3 is 2.33 bits per heavy atom. The van der Waals surface area contributed by atoms with Crippen LogP contribution in [0.3, 0.4) is 0 Å². The maximum absolute atomic E-state index is 10.8. The molecule has 0 aliphatic rings. The normalized spacial score (nSPS) is 11.4.